The summed E-state index contributed by atoms with van der Waals surface area (Å²) in [7, 11) is 0. The first-order valence-electron chi connectivity index (χ1n) is 16.6. The van der Waals surface area contributed by atoms with Crippen molar-refractivity contribution in [3.8, 4) is 56.4 Å². The summed E-state index contributed by atoms with van der Waals surface area (Å²) in [4.78, 5) is 15.5. The predicted molar refractivity (Wildman–Crippen MR) is 207 cm³/mol. The molecule has 10 rings (SSSR count). The van der Waals surface area contributed by atoms with Gasteiger partial charge in [-0.15, -0.1) is 11.3 Å². The smallest absolute Gasteiger partial charge is 0.164 e. The second kappa shape index (κ2) is 11.6. The van der Waals surface area contributed by atoms with E-state index in [1.54, 1.807) is 11.3 Å². The lowest BCUT2D eigenvalue weighted by Gasteiger charge is -2.11. The van der Waals surface area contributed by atoms with Crippen molar-refractivity contribution < 1.29 is 4.42 Å². The Morgan fingerprint density at radius 3 is 1.76 bits per heavy atom. The van der Waals surface area contributed by atoms with Gasteiger partial charge in [-0.1, -0.05) is 121 Å². The molecule has 0 bridgehead atoms. The molecule has 10 aromatic rings. The van der Waals surface area contributed by atoms with E-state index in [1.807, 2.05) is 36.4 Å². The van der Waals surface area contributed by atoms with E-state index < -0.39 is 0 Å². The zero-order chi connectivity index (χ0) is 33.0. The summed E-state index contributed by atoms with van der Waals surface area (Å²) in [6, 6.07) is 56.9. The number of aromatic nitrogens is 3. The largest absolute Gasteiger partial charge is 0.456 e. The molecule has 0 saturated heterocycles. The lowest BCUT2D eigenvalue weighted by Crippen LogP contribution is -2.00. The average molecular weight is 658 g/mol. The van der Waals surface area contributed by atoms with Crippen LogP contribution in [0.3, 0.4) is 0 Å². The van der Waals surface area contributed by atoms with Gasteiger partial charge in [-0.2, -0.15) is 0 Å². The molecule has 0 radical (unpaired) electrons. The molecule has 0 fully saturated rings. The van der Waals surface area contributed by atoms with Crippen molar-refractivity contribution in [1.82, 2.24) is 15.0 Å². The highest BCUT2D eigenvalue weighted by molar-refractivity contribution is 7.25. The number of hydrogen-bond donors (Lipinski definition) is 0. The first kappa shape index (κ1) is 28.6. The first-order valence-corrected chi connectivity index (χ1v) is 17.4. The summed E-state index contributed by atoms with van der Waals surface area (Å²) in [5.74, 6) is 1.89. The van der Waals surface area contributed by atoms with Crippen LogP contribution >= 0.6 is 11.3 Å². The van der Waals surface area contributed by atoms with Crippen LogP contribution in [0.1, 0.15) is 0 Å². The molecule has 234 valence electrons. The number of para-hydroxylation sites is 1. The van der Waals surface area contributed by atoms with Gasteiger partial charge in [-0.05, 0) is 64.7 Å². The van der Waals surface area contributed by atoms with Gasteiger partial charge >= 0.3 is 0 Å². The zero-order valence-corrected chi connectivity index (χ0v) is 27.6. The molecule has 0 atom stereocenters. The molecule has 0 saturated carbocycles. The highest BCUT2D eigenvalue weighted by Gasteiger charge is 2.18. The maximum absolute atomic E-state index is 6.15. The van der Waals surface area contributed by atoms with E-state index in [-0.39, 0.29) is 0 Å². The molecule has 0 aliphatic carbocycles. The van der Waals surface area contributed by atoms with Crippen LogP contribution in [0.4, 0.5) is 0 Å². The van der Waals surface area contributed by atoms with Gasteiger partial charge in [0.1, 0.15) is 11.2 Å². The second-order valence-electron chi connectivity index (χ2n) is 12.4. The molecule has 0 unspecified atom stereocenters. The van der Waals surface area contributed by atoms with Gasteiger partial charge in [0.25, 0.3) is 0 Å². The Balaban J connectivity index is 1.15. The summed E-state index contributed by atoms with van der Waals surface area (Å²) in [6.07, 6.45) is 0. The van der Waals surface area contributed by atoms with Gasteiger partial charge in [0, 0.05) is 47.6 Å². The summed E-state index contributed by atoms with van der Waals surface area (Å²) >= 11 is 1.79. The van der Waals surface area contributed by atoms with Gasteiger partial charge in [0.2, 0.25) is 0 Å². The third-order valence-corrected chi connectivity index (χ3v) is 10.5. The lowest BCUT2D eigenvalue weighted by molar-refractivity contribution is 0.669. The molecule has 50 heavy (non-hydrogen) atoms. The number of thiophene rings is 1. The standard InChI is InChI=1S/C45H27N3OS/c1-2-10-28(11-3-1)29-20-22-30(23-21-29)31-12-8-13-32(26-31)43-46-44(33-24-25-39-37(27-33)34-14-4-6-17-38(34)49-39)48-45(47-43)36-16-9-19-41-42(36)35-15-5-7-18-40(35)50-41/h1-27H. The minimum absolute atomic E-state index is 0.617. The maximum Gasteiger partial charge on any atom is 0.164 e. The maximum atomic E-state index is 6.15. The van der Waals surface area contributed by atoms with Crippen LogP contribution < -0.4 is 0 Å². The van der Waals surface area contributed by atoms with Crippen LogP contribution in [0.2, 0.25) is 0 Å². The number of furan rings is 1. The molecule has 0 aliphatic heterocycles. The van der Waals surface area contributed by atoms with Gasteiger partial charge in [0.15, 0.2) is 17.5 Å². The summed E-state index contributed by atoms with van der Waals surface area (Å²) in [6.45, 7) is 0. The van der Waals surface area contributed by atoms with Crippen molar-refractivity contribution >= 4 is 53.4 Å². The number of benzene rings is 7. The topological polar surface area (TPSA) is 51.8 Å². The molecule has 3 aromatic heterocycles. The zero-order valence-electron chi connectivity index (χ0n) is 26.7. The Kier molecular flexibility index (Phi) is 6.64. The van der Waals surface area contributed by atoms with Gasteiger partial charge < -0.3 is 4.42 Å². The predicted octanol–water partition coefficient (Wildman–Crippen LogP) is 12.5. The van der Waals surface area contributed by atoms with E-state index in [0.717, 1.165) is 49.8 Å². The Bertz CT molecular complexity index is 2870. The van der Waals surface area contributed by atoms with Crippen molar-refractivity contribution in [2.45, 2.75) is 0 Å². The normalized spacial score (nSPS) is 11.6. The quantitative estimate of drug-likeness (QED) is 0.185. The Hall–Kier alpha value is -6.43. The second-order valence-corrected chi connectivity index (χ2v) is 13.5. The molecule has 4 nitrogen and oxygen atoms in total. The van der Waals surface area contributed by atoms with Crippen molar-refractivity contribution in [3.05, 3.63) is 164 Å². The molecule has 0 amide bonds. The van der Waals surface area contributed by atoms with Crippen LogP contribution in [0, 0.1) is 0 Å². The average Bonchev–Trinajstić information content (AvgIpc) is 3.76. The molecule has 5 heteroatoms. The van der Waals surface area contributed by atoms with Crippen LogP contribution in [0.5, 0.6) is 0 Å². The van der Waals surface area contributed by atoms with Crippen LogP contribution in [0.25, 0.3) is 98.5 Å². The van der Waals surface area contributed by atoms with Crippen molar-refractivity contribution in [2.24, 2.45) is 0 Å². The highest BCUT2D eigenvalue weighted by Crippen LogP contribution is 2.40. The van der Waals surface area contributed by atoms with Gasteiger partial charge in [0.05, 0.1) is 0 Å². The number of rotatable bonds is 5. The van der Waals surface area contributed by atoms with Crippen LogP contribution in [-0.2, 0) is 0 Å². The minimum atomic E-state index is 0.617. The fraction of sp³-hybridized carbons (Fsp3) is 0. The number of fused-ring (bicyclic) bond motifs is 6. The van der Waals surface area contributed by atoms with E-state index in [4.69, 9.17) is 19.4 Å². The third-order valence-electron chi connectivity index (χ3n) is 9.36. The lowest BCUT2D eigenvalue weighted by atomic mass is 9.99. The van der Waals surface area contributed by atoms with Crippen molar-refractivity contribution in [2.75, 3.05) is 0 Å². The van der Waals surface area contributed by atoms with E-state index in [1.165, 1.54) is 31.3 Å². The molecule has 0 spiro atoms. The first-order chi connectivity index (χ1) is 24.7. The summed E-state index contributed by atoms with van der Waals surface area (Å²) in [5.41, 5.74) is 9.15. The molecule has 0 N–H and O–H groups in total. The Morgan fingerprint density at radius 2 is 0.920 bits per heavy atom. The van der Waals surface area contributed by atoms with E-state index >= 15 is 0 Å². The third kappa shape index (κ3) is 4.87. The van der Waals surface area contributed by atoms with Crippen LogP contribution in [0.15, 0.2) is 168 Å². The van der Waals surface area contributed by atoms with Gasteiger partial charge in [-0.3, -0.25) is 0 Å². The minimum Gasteiger partial charge on any atom is -0.456 e. The molecule has 7 aromatic carbocycles. The van der Waals surface area contributed by atoms with E-state index in [9.17, 15) is 0 Å². The Labute approximate surface area is 292 Å². The summed E-state index contributed by atoms with van der Waals surface area (Å²) < 4.78 is 8.60. The fourth-order valence-electron chi connectivity index (χ4n) is 6.90. The number of nitrogens with zero attached hydrogens (tertiary/aromatic N) is 3. The summed E-state index contributed by atoms with van der Waals surface area (Å²) in [5, 5.41) is 4.48. The Morgan fingerprint density at radius 1 is 0.360 bits per heavy atom. The van der Waals surface area contributed by atoms with Gasteiger partial charge in [-0.25, -0.2) is 15.0 Å². The molecular formula is C45H27N3OS. The number of hydrogen-bond acceptors (Lipinski definition) is 5. The molecule has 0 aliphatic rings. The molecular weight excluding hydrogens is 631 g/mol. The monoisotopic (exact) mass is 657 g/mol. The fourth-order valence-corrected chi connectivity index (χ4v) is 8.04. The highest BCUT2D eigenvalue weighted by atomic mass is 32.1. The molecule has 3 heterocycles. The van der Waals surface area contributed by atoms with Crippen molar-refractivity contribution in [3.63, 3.8) is 0 Å². The van der Waals surface area contributed by atoms with E-state index in [2.05, 4.69) is 127 Å². The van der Waals surface area contributed by atoms with E-state index in [0.29, 0.717) is 17.5 Å². The SMILES string of the molecule is c1ccc(-c2ccc(-c3cccc(-c4nc(-c5ccc6oc7ccccc7c6c5)nc(-c5cccc6sc7ccccc7c56)n4)c3)cc2)cc1. The van der Waals surface area contributed by atoms with Crippen molar-refractivity contribution in [1.29, 1.82) is 0 Å². The van der Waals surface area contributed by atoms with Crippen LogP contribution in [-0.4, -0.2) is 15.0 Å².